The lowest BCUT2D eigenvalue weighted by Gasteiger charge is -2.51. The van der Waals surface area contributed by atoms with Gasteiger partial charge in [-0.05, 0) is 29.8 Å². The smallest absolute Gasteiger partial charge is 0.430 e. The Morgan fingerprint density at radius 3 is 2.05 bits per heavy atom. The molecule has 42 heavy (non-hydrogen) atoms. The van der Waals surface area contributed by atoms with E-state index in [1.165, 1.54) is 0 Å². The summed E-state index contributed by atoms with van der Waals surface area (Å²) in [6.07, 6.45) is -3.48. The second-order valence-electron chi connectivity index (χ2n) is 10.6. The first kappa shape index (κ1) is 30.6. The second-order valence-corrected chi connectivity index (χ2v) is 10.6. The number of ketones is 1. The SMILES string of the molecule is Nc1ccccc1C(=O)C[N+]12CCC(CC1)[C@@H](OC(=O)[C@H](Nc1ccccc1)c1ccccc1)C2.O=C([O-])C(F)(F)F. The third-order valence-corrected chi connectivity index (χ3v) is 7.73. The molecule has 6 rings (SSSR count). The zero-order valence-electron chi connectivity index (χ0n) is 22.8. The molecule has 3 fully saturated rings. The first-order chi connectivity index (χ1) is 20.0. The van der Waals surface area contributed by atoms with E-state index in [4.69, 9.17) is 20.4 Å². The standard InChI is InChI=1S/C29H31N3O3.C2HF3O2/c30-25-14-8-7-13-24(25)26(33)19-32-17-15-21(16-18-32)27(20-32)35-29(34)28(22-9-3-1-4-10-22)31-23-11-5-2-6-12-23;3-2(4,5)1(6)7/h1-14,21,27-28,31H,15-20H2,(H-,30,33);(H,6,7)/t21?,27-,28+,32?;/m0./s1. The number of nitrogens with zero attached hydrogens (tertiary/aromatic N) is 1. The fraction of sp³-hybridized carbons (Fsp3) is 0.323. The second kappa shape index (κ2) is 13.1. The van der Waals surface area contributed by atoms with Gasteiger partial charge in [-0.2, -0.15) is 13.2 Å². The molecule has 2 atom stereocenters. The molecule has 2 bridgehead atoms. The molecule has 11 heteroatoms. The third-order valence-electron chi connectivity index (χ3n) is 7.73. The number of rotatable bonds is 8. The van der Waals surface area contributed by atoms with Crippen LogP contribution in [0.15, 0.2) is 84.9 Å². The van der Waals surface area contributed by atoms with Gasteiger partial charge in [0.05, 0.1) is 13.1 Å². The Bertz CT molecular complexity index is 1380. The van der Waals surface area contributed by atoms with Crippen LogP contribution in [0.3, 0.4) is 0 Å². The molecule has 3 aromatic rings. The van der Waals surface area contributed by atoms with Crippen LogP contribution in [0.1, 0.15) is 34.8 Å². The molecule has 3 aliphatic rings. The van der Waals surface area contributed by atoms with Gasteiger partial charge in [-0.1, -0.05) is 60.7 Å². The van der Waals surface area contributed by atoms with Gasteiger partial charge >= 0.3 is 12.1 Å². The molecule has 0 radical (unpaired) electrons. The van der Waals surface area contributed by atoms with E-state index < -0.39 is 18.2 Å². The maximum atomic E-state index is 13.5. The number of esters is 1. The fourth-order valence-electron chi connectivity index (χ4n) is 5.56. The van der Waals surface area contributed by atoms with Crippen LogP contribution in [0.25, 0.3) is 0 Å². The Kier molecular flexibility index (Phi) is 9.52. The number of aliphatic carboxylic acids is 1. The minimum absolute atomic E-state index is 0.0569. The molecule has 0 amide bonds. The lowest BCUT2D eigenvalue weighted by Crippen LogP contribution is -2.65. The number of benzene rings is 3. The molecule has 0 aromatic heterocycles. The van der Waals surface area contributed by atoms with Gasteiger partial charge in [0.15, 0.2) is 12.1 Å². The summed E-state index contributed by atoms with van der Waals surface area (Å²) in [6.45, 7) is 2.92. The summed E-state index contributed by atoms with van der Waals surface area (Å²) >= 11 is 0. The van der Waals surface area contributed by atoms with Crippen molar-refractivity contribution in [1.82, 2.24) is 0 Å². The Labute approximate surface area is 241 Å². The number of carbonyl (C=O) groups is 3. The lowest BCUT2D eigenvalue weighted by atomic mass is 9.82. The van der Waals surface area contributed by atoms with E-state index in [1.54, 1.807) is 12.1 Å². The van der Waals surface area contributed by atoms with Gasteiger partial charge in [-0.3, -0.25) is 4.79 Å². The molecule has 0 aliphatic carbocycles. The zero-order valence-corrected chi connectivity index (χ0v) is 22.8. The first-order valence-electron chi connectivity index (χ1n) is 13.6. The number of nitrogens with two attached hydrogens (primary N) is 1. The van der Waals surface area contributed by atoms with E-state index in [9.17, 15) is 22.8 Å². The molecule has 3 aromatic carbocycles. The molecular formula is C31H32F3N3O5. The van der Waals surface area contributed by atoms with Gasteiger partial charge in [-0.25, -0.2) is 4.79 Å². The number of para-hydroxylation sites is 2. The Balaban J connectivity index is 0.000000517. The van der Waals surface area contributed by atoms with Crippen molar-refractivity contribution < 1.29 is 41.9 Å². The summed E-state index contributed by atoms with van der Waals surface area (Å²) in [5.74, 6) is -2.89. The summed E-state index contributed by atoms with van der Waals surface area (Å²) in [4.78, 5) is 35.4. The predicted octanol–water partition coefficient (Wildman–Crippen LogP) is 3.76. The number of halogens is 3. The number of carbonyl (C=O) groups excluding carboxylic acids is 3. The van der Waals surface area contributed by atoms with Gasteiger partial charge in [-0.15, -0.1) is 0 Å². The van der Waals surface area contributed by atoms with E-state index in [1.807, 2.05) is 72.8 Å². The third kappa shape index (κ3) is 7.67. The number of carboxylic acid groups (broad SMARTS) is 1. The minimum Gasteiger partial charge on any atom is -0.542 e. The lowest BCUT2D eigenvalue weighted by molar-refractivity contribution is -0.938. The van der Waals surface area contributed by atoms with Crippen molar-refractivity contribution in [3.05, 3.63) is 96.1 Å². The van der Waals surface area contributed by atoms with Crippen LogP contribution in [-0.2, 0) is 14.3 Å². The van der Waals surface area contributed by atoms with Crippen LogP contribution in [0.2, 0.25) is 0 Å². The molecule has 3 N–H and O–H groups in total. The maximum absolute atomic E-state index is 13.5. The van der Waals surface area contributed by atoms with E-state index in [0.717, 1.165) is 37.2 Å². The highest BCUT2D eigenvalue weighted by molar-refractivity contribution is 6.01. The zero-order chi connectivity index (χ0) is 30.3. The molecule has 3 saturated heterocycles. The number of nitrogen functional groups attached to an aromatic ring is 1. The van der Waals surface area contributed by atoms with Gasteiger partial charge in [0.2, 0.25) is 5.78 Å². The number of quaternary nitrogens is 1. The number of ether oxygens (including phenoxy) is 1. The van der Waals surface area contributed by atoms with Gasteiger partial charge in [0.1, 0.15) is 19.1 Å². The van der Waals surface area contributed by atoms with Gasteiger partial charge in [0.25, 0.3) is 0 Å². The topological polar surface area (TPSA) is 122 Å². The van der Waals surface area contributed by atoms with Crippen molar-refractivity contribution in [2.75, 3.05) is 37.2 Å². The Morgan fingerprint density at radius 1 is 0.929 bits per heavy atom. The monoisotopic (exact) mass is 583 g/mol. The van der Waals surface area contributed by atoms with Crippen molar-refractivity contribution in [1.29, 1.82) is 0 Å². The van der Waals surface area contributed by atoms with Crippen LogP contribution < -0.4 is 16.2 Å². The van der Waals surface area contributed by atoms with E-state index in [0.29, 0.717) is 34.7 Å². The summed E-state index contributed by atoms with van der Waals surface area (Å²) in [6, 6.07) is 26.0. The highest BCUT2D eigenvalue weighted by atomic mass is 19.4. The van der Waals surface area contributed by atoms with Crippen LogP contribution in [0.4, 0.5) is 24.5 Å². The molecule has 0 saturated carbocycles. The number of piperidine rings is 3. The van der Waals surface area contributed by atoms with Crippen LogP contribution >= 0.6 is 0 Å². The number of alkyl halides is 3. The Hall–Kier alpha value is -4.38. The number of fused-ring (bicyclic) bond motifs is 3. The average molecular weight is 584 g/mol. The van der Waals surface area contributed by atoms with E-state index >= 15 is 0 Å². The van der Waals surface area contributed by atoms with Crippen LogP contribution in [0.5, 0.6) is 0 Å². The number of nitrogens with one attached hydrogen (secondary N) is 1. The summed E-state index contributed by atoms with van der Waals surface area (Å²) in [7, 11) is 0. The molecule has 0 unspecified atom stereocenters. The Morgan fingerprint density at radius 2 is 1.48 bits per heavy atom. The summed E-state index contributed by atoms with van der Waals surface area (Å²) in [5, 5.41) is 12.1. The molecule has 0 spiro atoms. The number of hydrogen-bond donors (Lipinski definition) is 2. The highest BCUT2D eigenvalue weighted by Gasteiger charge is 2.49. The van der Waals surface area contributed by atoms with E-state index in [-0.39, 0.29) is 17.9 Å². The predicted molar refractivity (Wildman–Crippen MR) is 148 cm³/mol. The molecule has 3 aliphatic heterocycles. The van der Waals surface area contributed by atoms with Gasteiger partial charge in [0, 0.05) is 35.7 Å². The quantitative estimate of drug-likeness (QED) is 0.179. The van der Waals surface area contributed by atoms with Crippen LogP contribution in [0, 0.1) is 5.92 Å². The van der Waals surface area contributed by atoms with Crippen molar-refractivity contribution in [2.24, 2.45) is 5.92 Å². The fourth-order valence-corrected chi connectivity index (χ4v) is 5.56. The van der Waals surface area contributed by atoms with Gasteiger partial charge < -0.3 is 30.2 Å². The molecular weight excluding hydrogens is 551 g/mol. The number of anilines is 2. The first-order valence-corrected chi connectivity index (χ1v) is 13.6. The van der Waals surface area contributed by atoms with Crippen LogP contribution in [-0.4, -0.2) is 60.7 Å². The van der Waals surface area contributed by atoms with Crippen molar-refractivity contribution >= 4 is 29.1 Å². The van der Waals surface area contributed by atoms with Crippen molar-refractivity contribution in [3.63, 3.8) is 0 Å². The minimum atomic E-state index is -5.19. The number of hydrogen-bond acceptors (Lipinski definition) is 7. The van der Waals surface area contributed by atoms with E-state index in [2.05, 4.69) is 5.32 Å². The van der Waals surface area contributed by atoms with Crippen molar-refractivity contribution in [2.45, 2.75) is 31.2 Å². The van der Waals surface area contributed by atoms with Crippen molar-refractivity contribution in [3.8, 4) is 0 Å². The number of Topliss-reactive ketones (excluding diaryl/α,β-unsaturated/α-hetero) is 1. The average Bonchev–Trinajstić information content (AvgIpc) is 2.97. The molecule has 8 nitrogen and oxygen atoms in total. The normalized spacial score (nSPS) is 21.8. The summed E-state index contributed by atoms with van der Waals surface area (Å²) < 4.78 is 38.4. The number of carboxylic acids is 1. The maximum Gasteiger partial charge on any atom is 0.430 e. The largest absolute Gasteiger partial charge is 0.542 e. The summed E-state index contributed by atoms with van der Waals surface area (Å²) in [5.41, 5.74) is 8.88. The highest BCUT2D eigenvalue weighted by Crippen LogP contribution is 2.37. The molecule has 3 heterocycles. The molecule has 222 valence electrons.